The molecule has 0 saturated carbocycles. The zero-order valence-electron chi connectivity index (χ0n) is 5.54. The van der Waals surface area contributed by atoms with Crippen LogP contribution in [0.4, 0.5) is 4.39 Å². The third-order valence-corrected chi connectivity index (χ3v) is 1.47. The van der Waals surface area contributed by atoms with E-state index in [0.717, 1.165) is 0 Å². The van der Waals surface area contributed by atoms with Crippen LogP contribution in [0, 0.1) is 6.01 Å². The van der Waals surface area contributed by atoms with Crippen LogP contribution in [-0.4, -0.2) is 5.11 Å². The normalized spacial score (nSPS) is 10.6. The molecule has 0 fully saturated rings. The fourth-order valence-corrected chi connectivity index (χ4v) is 0.987. The first-order chi connectivity index (χ1) is 5.25. The Bertz CT molecular complexity index is 392. The first-order valence-electron chi connectivity index (χ1n) is 3.14. The summed E-state index contributed by atoms with van der Waals surface area (Å²) in [5.74, 6) is 0.0758. The minimum absolute atomic E-state index is 0.0758. The molecule has 0 atom stereocenters. The van der Waals surface area contributed by atoms with E-state index in [2.05, 4.69) is 4.42 Å². The Kier molecular flexibility index (Phi) is 1.12. The molecule has 0 aliphatic heterocycles. The number of hydrogen-bond donors (Lipinski definition) is 1. The highest BCUT2D eigenvalue weighted by Gasteiger charge is 2.01. The van der Waals surface area contributed by atoms with Crippen LogP contribution in [0.5, 0.6) is 5.75 Å². The van der Waals surface area contributed by atoms with Gasteiger partial charge in [-0.1, -0.05) is 0 Å². The molecular weight excluding hydrogens is 147 g/mol. The average Bonchev–Trinajstić information content (AvgIpc) is 2.27. The van der Waals surface area contributed by atoms with Crippen LogP contribution in [0.2, 0.25) is 0 Å². The molecule has 3 heteroatoms. The molecule has 1 aromatic heterocycles. The largest absolute Gasteiger partial charge is 0.508 e. The first kappa shape index (κ1) is 6.22. The summed E-state index contributed by atoms with van der Waals surface area (Å²) in [5, 5.41) is 9.61. The maximum atomic E-state index is 12.4. The molecule has 2 nitrogen and oxygen atoms in total. The summed E-state index contributed by atoms with van der Waals surface area (Å²) in [6.07, 6.45) is 0. The lowest BCUT2D eigenvalue weighted by atomic mass is 10.2. The van der Waals surface area contributed by atoms with E-state index in [1.807, 2.05) is 0 Å². The number of rotatable bonds is 0. The van der Waals surface area contributed by atoms with Gasteiger partial charge in [0.15, 0.2) is 0 Å². The molecule has 1 heterocycles. The molecule has 0 aliphatic carbocycles. The summed E-state index contributed by atoms with van der Waals surface area (Å²) in [5.41, 5.74) is 0.363. The molecule has 56 valence electrons. The lowest BCUT2D eigenvalue weighted by Crippen LogP contribution is -1.62. The van der Waals surface area contributed by atoms with Gasteiger partial charge in [-0.3, -0.25) is 0 Å². The van der Waals surface area contributed by atoms with E-state index in [9.17, 15) is 4.39 Å². The maximum Gasteiger partial charge on any atom is 0.278 e. The fourth-order valence-electron chi connectivity index (χ4n) is 0.987. The molecule has 0 aliphatic rings. The molecule has 0 amide bonds. The van der Waals surface area contributed by atoms with Crippen molar-refractivity contribution in [2.24, 2.45) is 0 Å². The molecule has 0 unspecified atom stereocenters. The average molecular weight is 152 g/mol. The Hall–Kier alpha value is -1.51. The van der Waals surface area contributed by atoms with Gasteiger partial charge in [0.1, 0.15) is 11.3 Å². The maximum absolute atomic E-state index is 12.4. The minimum Gasteiger partial charge on any atom is -0.508 e. The van der Waals surface area contributed by atoms with Crippen molar-refractivity contribution in [3.8, 4) is 5.75 Å². The third-order valence-electron chi connectivity index (χ3n) is 1.47. The van der Waals surface area contributed by atoms with Crippen LogP contribution in [0.25, 0.3) is 11.0 Å². The third kappa shape index (κ3) is 0.941. The van der Waals surface area contributed by atoms with Crippen LogP contribution in [0.1, 0.15) is 0 Å². The number of halogens is 1. The predicted octanol–water partition coefficient (Wildman–Crippen LogP) is 2.28. The SMILES string of the molecule is Oc1ccc2cc(F)oc2c1. The van der Waals surface area contributed by atoms with Crippen LogP contribution >= 0.6 is 0 Å². The summed E-state index contributed by atoms with van der Waals surface area (Å²) >= 11 is 0. The number of aromatic hydroxyl groups is 1. The van der Waals surface area contributed by atoms with Crippen molar-refractivity contribution in [2.75, 3.05) is 0 Å². The zero-order chi connectivity index (χ0) is 7.84. The Morgan fingerprint density at radius 2 is 2.09 bits per heavy atom. The number of benzene rings is 1. The van der Waals surface area contributed by atoms with Gasteiger partial charge < -0.3 is 9.52 Å². The van der Waals surface area contributed by atoms with Gasteiger partial charge >= 0.3 is 0 Å². The predicted molar refractivity (Wildman–Crippen MR) is 37.8 cm³/mol. The van der Waals surface area contributed by atoms with Crippen molar-refractivity contribution >= 4 is 11.0 Å². The van der Waals surface area contributed by atoms with Gasteiger partial charge in [0.25, 0.3) is 6.01 Å². The Balaban J connectivity index is 2.82. The summed E-state index contributed by atoms with van der Waals surface area (Å²) in [7, 11) is 0. The van der Waals surface area contributed by atoms with Crippen molar-refractivity contribution in [3.05, 3.63) is 30.3 Å². The standard InChI is InChI=1S/C8H5FO2/c9-8-3-5-1-2-6(10)4-7(5)11-8/h1-4,10H. The van der Waals surface area contributed by atoms with E-state index in [-0.39, 0.29) is 5.75 Å². The second kappa shape index (κ2) is 1.99. The topological polar surface area (TPSA) is 33.4 Å². The van der Waals surface area contributed by atoms with Crippen molar-refractivity contribution in [1.29, 1.82) is 0 Å². The van der Waals surface area contributed by atoms with Gasteiger partial charge in [0.2, 0.25) is 0 Å². The summed E-state index contributed by atoms with van der Waals surface area (Å²) in [4.78, 5) is 0. The van der Waals surface area contributed by atoms with Crippen LogP contribution in [0.3, 0.4) is 0 Å². The van der Waals surface area contributed by atoms with Crippen molar-refractivity contribution < 1.29 is 13.9 Å². The van der Waals surface area contributed by atoms with Gasteiger partial charge in [0, 0.05) is 17.5 Å². The second-order valence-corrected chi connectivity index (χ2v) is 2.27. The molecule has 0 saturated heterocycles. The Labute approximate surface area is 61.9 Å². The number of hydrogen-bond acceptors (Lipinski definition) is 2. The quantitative estimate of drug-likeness (QED) is 0.628. The lowest BCUT2D eigenvalue weighted by Gasteiger charge is -1.88. The van der Waals surface area contributed by atoms with Gasteiger partial charge in [-0.05, 0) is 12.1 Å². The first-order valence-corrected chi connectivity index (χ1v) is 3.14. The smallest absolute Gasteiger partial charge is 0.278 e. The second-order valence-electron chi connectivity index (χ2n) is 2.27. The van der Waals surface area contributed by atoms with E-state index >= 15 is 0 Å². The van der Waals surface area contributed by atoms with Gasteiger partial charge in [-0.15, -0.1) is 0 Å². The van der Waals surface area contributed by atoms with Crippen LogP contribution in [-0.2, 0) is 0 Å². The van der Waals surface area contributed by atoms with E-state index in [1.165, 1.54) is 18.2 Å². The highest BCUT2D eigenvalue weighted by molar-refractivity contribution is 5.78. The number of furan rings is 1. The fraction of sp³-hybridized carbons (Fsp3) is 0. The van der Waals surface area contributed by atoms with E-state index < -0.39 is 6.01 Å². The molecule has 0 spiro atoms. The van der Waals surface area contributed by atoms with Crippen LogP contribution in [0.15, 0.2) is 28.7 Å². The Morgan fingerprint density at radius 1 is 1.27 bits per heavy atom. The number of phenols is 1. The van der Waals surface area contributed by atoms with Crippen molar-refractivity contribution in [1.82, 2.24) is 0 Å². The highest BCUT2D eigenvalue weighted by Crippen LogP contribution is 2.22. The summed E-state index contributed by atoms with van der Waals surface area (Å²) in [6.45, 7) is 0. The van der Waals surface area contributed by atoms with E-state index in [0.29, 0.717) is 11.0 Å². The van der Waals surface area contributed by atoms with Gasteiger partial charge in [0.05, 0.1) is 0 Å². The highest BCUT2D eigenvalue weighted by atomic mass is 19.1. The molecule has 1 aromatic carbocycles. The molecule has 0 radical (unpaired) electrons. The molecule has 0 bridgehead atoms. The zero-order valence-corrected chi connectivity index (χ0v) is 5.54. The summed E-state index contributed by atoms with van der Waals surface area (Å²) < 4.78 is 17.0. The molecule has 1 N–H and O–H groups in total. The summed E-state index contributed by atoms with van der Waals surface area (Å²) in [6, 6.07) is 5.09. The molecule has 2 aromatic rings. The molecule has 2 rings (SSSR count). The Morgan fingerprint density at radius 3 is 2.91 bits per heavy atom. The number of phenolic OH excluding ortho intramolecular Hbond substituents is 1. The molecular formula is C8H5FO2. The van der Waals surface area contributed by atoms with E-state index in [4.69, 9.17) is 5.11 Å². The van der Waals surface area contributed by atoms with Gasteiger partial charge in [-0.2, -0.15) is 4.39 Å². The van der Waals surface area contributed by atoms with Crippen molar-refractivity contribution in [3.63, 3.8) is 0 Å². The van der Waals surface area contributed by atoms with Crippen LogP contribution < -0.4 is 0 Å². The lowest BCUT2D eigenvalue weighted by molar-refractivity contribution is 0.380. The van der Waals surface area contributed by atoms with Crippen molar-refractivity contribution in [2.45, 2.75) is 0 Å². The number of fused-ring (bicyclic) bond motifs is 1. The monoisotopic (exact) mass is 152 g/mol. The van der Waals surface area contributed by atoms with E-state index in [1.54, 1.807) is 6.07 Å². The minimum atomic E-state index is -0.634. The van der Waals surface area contributed by atoms with Gasteiger partial charge in [-0.25, -0.2) is 0 Å². The molecule has 11 heavy (non-hydrogen) atoms.